The van der Waals surface area contributed by atoms with E-state index < -0.39 is 10.4 Å². The van der Waals surface area contributed by atoms with E-state index in [0.717, 1.165) is 37.5 Å². The highest BCUT2D eigenvalue weighted by Gasteiger charge is 2.06. The van der Waals surface area contributed by atoms with E-state index in [0.29, 0.717) is 6.42 Å². The zero-order valence-corrected chi connectivity index (χ0v) is 20.3. The average Bonchev–Trinajstić information content (AvgIpc) is 2.62. The van der Waals surface area contributed by atoms with E-state index in [4.69, 9.17) is 0 Å². The number of hydrogen-bond acceptors (Lipinski definition) is 5. The molecule has 1 amide bonds. The van der Waals surface area contributed by atoms with E-state index in [1.54, 1.807) is 0 Å². The number of rotatable bonds is 17. The predicted octanol–water partition coefficient (Wildman–Crippen LogP) is 3.99. The van der Waals surface area contributed by atoms with Crippen molar-refractivity contribution in [2.24, 2.45) is 0 Å². The third kappa shape index (κ3) is 32.2. The lowest BCUT2D eigenvalue weighted by Crippen LogP contribution is -2.37. The van der Waals surface area contributed by atoms with Gasteiger partial charge in [0.25, 0.3) is 0 Å². The van der Waals surface area contributed by atoms with Crippen molar-refractivity contribution in [2.45, 2.75) is 90.4 Å². The Balaban J connectivity index is 0. The van der Waals surface area contributed by atoms with Gasteiger partial charge in [-0.2, -0.15) is 0 Å². The van der Waals surface area contributed by atoms with Gasteiger partial charge in [-0.25, -0.2) is 8.42 Å². The van der Waals surface area contributed by atoms with E-state index in [2.05, 4.69) is 37.6 Å². The number of carbonyl (C=O) groups excluding carboxylic acids is 1. The smallest absolute Gasteiger partial charge is 0.219 e. The SMILES string of the molecule is CCCCCCCCCCCCCC(=O)NCCC[N+](C)(C)C.COS(=O)(=O)[O-]. The summed E-state index contributed by atoms with van der Waals surface area (Å²) in [6.45, 7) is 4.20. The summed E-state index contributed by atoms with van der Waals surface area (Å²) in [4.78, 5) is 11.7. The maximum atomic E-state index is 11.7. The van der Waals surface area contributed by atoms with Gasteiger partial charge in [0.1, 0.15) is 0 Å². The molecule has 0 saturated carbocycles. The second-order valence-corrected chi connectivity index (χ2v) is 9.73. The van der Waals surface area contributed by atoms with Gasteiger partial charge in [0.2, 0.25) is 16.3 Å². The predicted molar refractivity (Wildman–Crippen MR) is 118 cm³/mol. The Kier molecular flexibility index (Phi) is 20.3. The summed E-state index contributed by atoms with van der Waals surface area (Å²) in [5.41, 5.74) is 0. The zero-order chi connectivity index (χ0) is 22.6. The minimum atomic E-state index is -4.41. The molecule has 0 fully saturated rings. The Morgan fingerprint density at radius 3 is 1.66 bits per heavy atom. The summed E-state index contributed by atoms with van der Waals surface area (Å²) >= 11 is 0. The highest BCUT2D eigenvalue weighted by Crippen LogP contribution is 2.11. The molecule has 0 aliphatic carbocycles. The van der Waals surface area contributed by atoms with Crippen molar-refractivity contribution in [1.82, 2.24) is 5.32 Å². The zero-order valence-electron chi connectivity index (χ0n) is 19.5. The largest absolute Gasteiger partial charge is 0.726 e. The molecule has 0 aromatic rings. The Labute approximate surface area is 180 Å². The Morgan fingerprint density at radius 2 is 1.28 bits per heavy atom. The van der Waals surface area contributed by atoms with Crippen LogP contribution in [0.2, 0.25) is 0 Å². The van der Waals surface area contributed by atoms with Crippen LogP contribution in [-0.4, -0.2) is 64.7 Å². The van der Waals surface area contributed by atoms with Gasteiger partial charge in [0, 0.05) is 19.4 Å². The molecule has 0 bridgehead atoms. The van der Waals surface area contributed by atoms with Crippen LogP contribution in [0.5, 0.6) is 0 Å². The Hall–Kier alpha value is -0.700. The monoisotopic (exact) mass is 438 g/mol. The molecular formula is C21H46N2O5S. The van der Waals surface area contributed by atoms with Crippen molar-refractivity contribution >= 4 is 16.3 Å². The number of hydrogen-bond donors (Lipinski definition) is 1. The van der Waals surface area contributed by atoms with Crippen LogP contribution in [0.25, 0.3) is 0 Å². The first-order valence-corrected chi connectivity index (χ1v) is 12.4. The minimum Gasteiger partial charge on any atom is -0.726 e. The van der Waals surface area contributed by atoms with E-state index >= 15 is 0 Å². The molecule has 0 radical (unpaired) electrons. The number of unbranched alkanes of at least 4 members (excludes halogenated alkanes) is 10. The fourth-order valence-corrected chi connectivity index (χ4v) is 2.82. The number of nitrogens with zero attached hydrogens (tertiary/aromatic N) is 1. The first-order valence-electron chi connectivity index (χ1n) is 11.1. The van der Waals surface area contributed by atoms with Gasteiger partial charge in [-0.15, -0.1) is 0 Å². The number of quaternary nitrogens is 1. The third-order valence-electron chi connectivity index (χ3n) is 4.54. The quantitative estimate of drug-likeness (QED) is 0.160. The van der Waals surface area contributed by atoms with Gasteiger partial charge in [0.05, 0.1) is 34.8 Å². The van der Waals surface area contributed by atoms with Gasteiger partial charge in [-0.05, 0) is 6.42 Å². The molecule has 0 spiro atoms. The summed E-state index contributed by atoms with van der Waals surface area (Å²) in [7, 11) is 2.96. The van der Waals surface area contributed by atoms with E-state index in [1.807, 2.05) is 0 Å². The van der Waals surface area contributed by atoms with Crippen molar-refractivity contribution in [2.75, 3.05) is 41.3 Å². The summed E-state index contributed by atoms with van der Waals surface area (Å²) < 4.78 is 32.0. The lowest BCUT2D eigenvalue weighted by atomic mass is 10.1. The van der Waals surface area contributed by atoms with E-state index in [9.17, 15) is 17.8 Å². The molecule has 0 rings (SSSR count). The Morgan fingerprint density at radius 1 is 0.862 bits per heavy atom. The van der Waals surface area contributed by atoms with Crippen LogP contribution in [-0.2, 0) is 19.4 Å². The second kappa shape index (κ2) is 19.3. The van der Waals surface area contributed by atoms with E-state index in [1.165, 1.54) is 64.2 Å². The summed E-state index contributed by atoms with van der Waals surface area (Å²) in [5, 5.41) is 3.04. The van der Waals surface area contributed by atoms with Crippen LogP contribution < -0.4 is 5.32 Å². The summed E-state index contributed by atoms with van der Waals surface area (Å²) in [5.74, 6) is 0.238. The molecule has 0 aromatic heterocycles. The summed E-state index contributed by atoms with van der Waals surface area (Å²) in [6, 6.07) is 0. The topological polar surface area (TPSA) is 95.5 Å². The molecule has 0 saturated heterocycles. The fourth-order valence-electron chi connectivity index (χ4n) is 2.82. The molecule has 0 unspecified atom stereocenters. The van der Waals surface area contributed by atoms with E-state index in [-0.39, 0.29) is 5.91 Å². The molecular weight excluding hydrogens is 392 g/mol. The van der Waals surface area contributed by atoms with Gasteiger partial charge < -0.3 is 14.4 Å². The minimum absolute atomic E-state index is 0.238. The second-order valence-electron chi connectivity index (χ2n) is 8.58. The maximum absolute atomic E-state index is 11.7. The number of nitrogens with one attached hydrogen (secondary N) is 1. The number of carbonyl (C=O) groups is 1. The van der Waals surface area contributed by atoms with Gasteiger partial charge in [-0.1, -0.05) is 71.1 Å². The van der Waals surface area contributed by atoms with Crippen molar-refractivity contribution in [3.63, 3.8) is 0 Å². The molecule has 0 heterocycles. The first-order chi connectivity index (χ1) is 13.5. The van der Waals surface area contributed by atoms with Crippen LogP contribution >= 0.6 is 0 Å². The third-order valence-corrected chi connectivity index (χ3v) is 4.95. The van der Waals surface area contributed by atoms with Crippen molar-refractivity contribution in [1.29, 1.82) is 0 Å². The highest BCUT2D eigenvalue weighted by molar-refractivity contribution is 7.80. The first kappa shape index (κ1) is 30.5. The van der Waals surface area contributed by atoms with Crippen molar-refractivity contribution < 1.29 is 26.4 Å². The average molecular weight is 439 g/mol. The lowest BCUT2D eigenvalue weighted by Gasteiger charge is -2.23. The maximum Gasteiger partial charge on any atom is 0.219 e. The fraction of sp³-hybridized carbons (Fsp3) is 0.952. The normalized spacial score (nSPS) is 11.7. The van der Waals surface area contributed by atoms with Crippen molar-refractivity contribution in [3.8, 4) is 0 Å². The van der Waals surface area contributed by atoms with Gasteiger partial charge in [-0.3, -0.25) is 8.98 Å². The molecule has 0 aliphatic rings. The highest BCUT2D eigenvalue weighted by atomic mass is 32.3. The number of amides is 1. The van der Waals surface area contributed by atoms with Crippen molar-refractivity contribution in [3.05, 3.63) is 0 Å². The standard InChI is InChI=1S/C20H42N2O.CH4O4S/c1-5-6-7-8-9-10-11-12-13-14-15-17-20(23)21-18-16-19-22(2,3)4;1-5-6(2,3)4/h5-19H2,1-4H3;1H3,(H,2,3,4). The van der Waals surface area contributed by atoms with Crippen LogP contribution in [0.1, 0.15) is 90.4 Å². The molecule has 7 nitrogen and oxygen atoms in total. The molecule has 1 N–H and O–H groups in total. The molecule has 0 aliphatic heterocycles. The lowest BCUT2D eigenvalue weighted by molar-refractivity contribution is -0.870. The molecule has 8 heteroatoms. The molecule has 0 aromatic carbocycles. The van der Waals surface area contributed by atoms with Crippen LogP contribution in [0, 0.1) is 0 Å². The molecule has 176 valence electrons. The van der Waals surface area contributed by atoms with Crippen LogP contribution in [0.15, 0.2) is 0 Å². The van der Waals surface area contributed by atoms with Crippen LogP contribution in [0.4, 0.5) is 0 Å². The van der Waals surface area contributed by atoms with Crippen LogP contribution in [0.3, 0.4) is 0 Å². The van der Waals surface area contributed by atoms with Gasteiger partial charge >= 0.3 is 0 Å². The Bertz CT molecular complexity index is 476. The van der Waals surface area contributed by atoms with Gasteiger partial charge in [0.15, 0.2) is 0 Å². The summed E-state index contributed by atoms with van der Waals surface area (Å²) in [6.07, 6.45) is 16.4. The molecule has 29 heavy (non-hydrogen) atoms. The molecule has 0 atom stereocenters.